The molecule has 0 fully saturated rings. The van der Waals surface area contributed by atoms with Gasteiger partial charge in [-0.25, -0.2) is 0 Å². The van der Waals surface area contributed by atoms with Gasteiger partial charge in [0, 0.05) is 5.56 Å². The zero-order valence-corrected chi connectivity index (χ0v) is 8.78. The topological polar surface area (TPSA) is 26.3 Å². The second-order valence-electron chi connectivity index (χ2n) is 4.16. The Morgan fingerprint density at radius 2 is 1.87 bits per heavy atom. The van der Waals surface area contributed by atoms with Crippen molar-refractivity contribution in [2.45, 2.75) is 19.8 Å². The molecular formula is C13H12O2. The van der Waals surface area contributed by atoms with Gasteiger partial charge in [-0.15, -0.1) is 0 Å². The maximum atomic E-state index is 5.08. The lowest BCUT2D eigenvalue weighted by Gasteiger charge is -2.12. The lowest BCUT2D eigenvalue weighted by atomic mass is 9.95. The third kappa shape index (κ3) is 1.11. The highest BCUT2D eigenvalue weighted by molar-refractivity contribution is 5.98. The van der Waals surface area contributed by atoms with E-state index in [4.69, 9.17) is 9.15 Å². The molecule has 0 bridgehead atoms. The summed E-state index contributed by atoms with van der Waals surface area (Å²) in [6.07, 6.45) is 0. The van der Waals surface area contributed by atoms with Gasteiger partial charge in [-0.2, -0.15) is 0 Å². The Labute approximate surface area is 87.4 Å². The Kier molecular flexibility index (Phi) is 1.66. The van der Waals surface area contributed by atoms with Gasteiger partial charge < -0.3 is 0 Å². The number of hydrogen-bond donors (Lipinski definition) is 0. The molecule has 0 aliphatic heterocycles. The van der Waals surface area contributed by atoms with Gasteiger partial charge in [-0.3, -0.25) is 9.15 Å². The smallest absolute Gasteiger partial charge is 0.229 e. The molecule has 2 heteroatoms. The SMILES string of the molecule is CC(C)c1c2ccccc2cc2ooc12. The van der Waals surface area contributed by atoms with Gasteiger partial charge in [0.25, 0.3) is 0 Å². The highest BCUT2D eigenvalue weighted by atomic mass is 17.0. The fraction of sp³-hybridized carbons (Fsp3) is 0.231. The first-order chi connectivity index (χ1) is 7.27. The first-order valence-corrected chi connectivity index (χ1v) is 5.17. The third-order valence-electron chi connectivity index (χ3n) is 2.80. The van der Waals surface area contributed by atoms with E-state index in [9.17, 15) is 0 Å². The number of rotatable bonds is 1. The van der Waals surface area contributed by atoms with Crippen molar-refractivity contribution in [3.8, 4) is 0 Å². The normalized spacial score (nSPS) is 11.9. The molecule has 0 radical (unpaired) electrons. The molecule has 3 aromatic rings. The van der Waals surface area contributed by atoms with Crippen molar-refractivity contribution in [2.75, 3.05) is 0 Å². The van der Waals surface area contributed by atoms with Crippen LogP contribution in [-0.2, 0) is 0 Å². The average Bonchev–Trinajstić information content (AvgIpc) is 2.20. The summed E-state index contributed by atoms with van der Waals surface area (Å²) in [5, 5.41) is 2.47. The predicted octanol–water partition coefficient (Wildman–Crippen LogP) is 4.30. The monoisotopic (exact) mass is 200 g/mol. The molecule has 0 atom stereocenters. The summed E-state index contributed by atoms with van der Waals surface area (Å²) in [5.74, 6) is 0.439. The lowest BCUT2D eigenvalue weighted by molar-refractivity contribution is 0.0582. The Morgan fingerprint density at radius 3 is 2.53 bits per heavy atom. The molecule has 0 amide bonds. The van der Waals surface area contributed by atoms with Crippen molar-refractivity contribution in [1.29, 1.82) is 0 Å². The summed E-state index contributed by atoms with van der Waals surface area (Å²) in [6, 6.07) is 10.4. The molecule has 0 unspecified atom stereocenters. The van der Waals surface area contributed by atoms with Gasteiger partial charge in [-0.1, -0.05) is 38.1 Å². The van der Waals surface area contributed by atoms with Crippen molar-refractivity contribution < 1.29 is 9.15 Å². The van der Waals surface area contributed by atoms with Gasteiger partial charge in [0.1, 0.15) is 0 Å². The van der Waals surface area contributed by atoms with Gasteiger partial charge in [-0.05, 0) is 22.8 Å². The van der Waals surface area contributed by atoms with Gasteiger partial charge in [0.2, 0.25) is 11.2 Å². The highest BCUT2D eigenvalue weighted by Gasteiger charge is 2.17. The van der Waals surface area contributed by atoms with Crippen LogP contribution >= 0.6 is 0 Å². The third-order valence-corrected chi connectivity index (χ3v) is 2.80. The van der Waals surface area contributed by atoms with Crippen LogP contribution in [0.5, 0.6) is 0 Å². The van der Waals surface area contributed by atoms with Crippen molar-refractivity contribution >= 4 is 21.9 Å². The molecule has 0 aliphatic carbocycles. The van der Waals surface area contributed by atoms with Gasteiger partial charge in [0.15, 0.2) is 0 Å². The average molecular weight is 200 g/mol. The molecule has 2 aromatic carbocycles. The van der Waals surface area contributed by atoms with E-state index in [0.717, 1.165) is 11.2 Å². The largest absolute Gasteiger partial charge is 0.286 e. The Balaban J connectivity index is 2.50. The quantitative estimate of drug-likeness (QED) is 0.547. The second-order valence-corrected chi connectivity index (χ2v) is 4.16. The van der Waals surface area contributed by atoms with E-state index >= 15 is 0 Å². The van der Waals surface area contributed by atoms with Crippen LogP contribution in [0.3, 0.4) is 0 Å². The Morgan fingerprint density at radius 1 is 1.07 bits per heavy atom. The van der Waals surface area contributed by atoms with E-state index in [1.807, 2.05) is 12.1 Å². The number of hydrogen-bond acceptors (Lipinski definition) is 2. The second kappa shape index (κ2) is 2.89. The molecule has 1 aromatic heterocycles. The van der Waals surface area contributed by atoms with Crippen molar-refractivity contribution in [1.82, 2.24) is 0 Å². The van der Waals surface area contributed by atoms with Crippen LogP contribution in [0.15, 0.2) is 39.5 Å². The number of fused-ring (bicyclic) bond motifs is 2. The summed E-state index contributed by atoms with van der Waals surface area (Å²) in [7, 11) is 0. The summed E-state index contributed by atoms with van der Waals surface area (Å²) < 4.78 is 10.1. The van der Waals surface area contributed by atoms with Crippen LogP contribution < -0.4 is 0 Å². The van der Waals surface area contributed by atoms with Crippen molar-refractivity contribution in [2.24, 2.45) is 0 Å². The van der Waals surface area contributed by atoms with Crippen molar-refractivity contribution in [3.63, 3.8) is 0 Å². The van der Waals surface area contributed by atoms with Crippen LogP contribution in [0.25, 0.3) is 21.9 Å². The fourth-order valence-corrected chi connectivity index (χ4v) is 2.10. The highest BCUT2D eigenvalue weighted by Crippen LogP contribution is 2.35. The Hall–Kier alpha value is -1.70. The predicted molar refractivity (Wildman–Crippen MR) is 60.1 cm³/mol. The summed E-state index contributed by atoms with van der Waals surface area (Å²) in [5.41, 5.74) is 3.01. The summed E-state index contributed by atoms with van der Waals surface area (Å²) >= 11 is 0. The van der Waals surface area contributed by atoms with Crippen LogP contribution in [0.4, 0.5) is 0 Å². The van der Waals surface area contributed by atoms with E-state index in [0.29, 0.717) is 5.92 Å². The first kappa shape index (κ1) is 8.60. The van der Waals surface area contributed by atoms with E-state index in [1.54, 1.807) is 0 Å². The summed E-state index contributed by atoms with van der Waals surface area (Å²) in [6.45, 7) is 4.34. The molecule has 2 nitrogen and oxygen atoms in total. The maximum Gasteiger partial charge on any atom is 0.229 e. The standard InChI is InChI=1S/C13H12O2/c1-8(2)12-10-6-4-3-5-9(10)7-11-13(12)15-14-11/h3-8H,1-2H3. The minimum Gasteiger partial charge on any atom is -0.286 e. The first-order valence-electron chi connectivity index (χ1n) is 5.17. The molecule has 76 valence electrons. The van der Waals surface area contributed by atoms with E-state index < -0.39 is 0 Å². The zero-order chi connectivity index (χ0) is 10.4. The Bertz CT molecular complexity index is 614. The minimum atomic E-state index is 0.439. The van der Waals surface area contributed by atoms with Crippen LogP contribution in [0.1, 0.15) is 25.3 Å². The molecule has 0 N–H and O–H groups in total. The molecule has 3 rings (SSSR count). The van der Waals surface area contributed by atoms with E-state index in [1.165, 1.54) is 16.3 Å². The van der Waals surface area contributed by atoms with Crippen molar-refractivity contribution in [3.05, 3.63) is 35.9 Å². The molecule has 0 spiro atoms. The van der Waals surface area contributed by atoms with Gasteiger partial charge in [0.05, 0.1) is 0 Å². The molecule has 15 heavy (non-hydrogen) atoms. The number of benzene rings is 2. The molecular weight excluding hydrogens is 188 g/mol. The molecule has 0 aliphatic rings. The van der Waals surface area contributed by atoms with Gasteiger partial charge >= 0.3 is 0 Å². The minimum absolute atomic E-state index is 0.439. The van der Waals surface area contributed by atoms with Crippen LogP contribution in [-0.4, -0.2) is 0 Å². The van der Waals surface area contributed by atoms with E-state index in [-0.39, 0.29) is 0 Å². The maximum absolute atomic E-state index is 5.08. The fourth-order valence-electron chi connectivity index (χ4n) is 2.10. The van der Waals surface area contributed by atoms with Crippen LogP contribution in [0, 0.1) is 0 Å². The molecule has 1 heterocycles. The van der Waals surface area contributed by atoms with E-state index in [2.05, 4.69) is 32.0 Å². The zero-order valence-electron chi connectivity index (χ0n) is 8.78. The van der Waals surface area contributed by atoms with Crippen LogP contribution in [0.2, 0.25) is 0 Å². The summed E-state index contributed by atoms with van der Waals surface area (Å²) in [4.78, 5) is 0. The molecule has 0 saturated heterocycles. The lowest BCUT2D eigenvalue weighted by Crippen LogP contribution is -1.93. The molecule has 0 saturated carbocycles.